The minimum atomic E-state index is -0.541. The van der Waals surface area contributed by atoms with E-state index < -0.39 is 6.10 Å². The van der Waals surface area contributed by atoms with Gasteiger partial charge in [-0.2, -0.15) is 0 Å². The molecule has 0 aromatic heterocycles. The number of ether oxygens (including phenoxy) is 1. The number of benzene rings is 2. The predicted octanol–water partition coefficient (Wildman–Crippen LogP) is 3.40. The van der Waals surface area contributed by atoms with E-state index in [-0.39, 0.29) is 11.8 Å². The lowest BCUT2D eigenvalue weighted by molar-refractivity contribution is -0.124. The van der Waals surface area contributed by atoms with Crippen LogP contribution in [0.3, 0.4) is 0 Å². The molecule has 0 saturated carbocycles. The lowest BCUT2D eigenvalue weighted by Crippen LogP contribution is -2.41. The van der Waals surface area contributed by atoms with E-state index >= 15 is 0 Å². The fourth-order valence-electron chi connectivity index (χ4n) is 2.61. The highest BCUT2D eigenvalue weighted by Crippen LogP contribution is 2.39. The Morgan fingerprint density at radius 1 is 1.17 bits per heavy atom. The van der Waals surface area contributed by atoms with E-state index in [0.29, 0.717) is 11.4 Å². The highest BCUT2D eigenvalue weighted by Gasteiger charge is 2.32. The van der Waals surface area contributed by atoms with Crippen molar-refractivity contribution in [2.75, 3.05) is 10.2 Å². The first-order valence-corrected chi connectivity index (χ1v) is 7.44. The quantitative estimate of drug-likeness (QED) is 0.925. The van der Waals surface area contributed by atoms with Crippen LogP contribution >= 0.6 is 0 Å². The molecule has 0 fully saturated rings. The Kier molecular flexibility index (Phi) is 3.78. The maximum atomic E-state index is 12.6. The molecule has 2 amide bonds. The molecule has 0 saturated heterocycles. The molecule has 1 aliphatic rings. The second-order valence-electron chi connectivity index (χ2n) is 5.63. The van der Waals surface area contributed by atoms with Gasteiger partial charge in [0.25, 0.3) is 5.91 Å². The summed E-state index contributed by atoms with van der Waals surface area (Å²) in [6.07, 6.45) is -0.541. The summed E-state index contributed by atoms with van der Waals surface area (Å²) in [6, 6.07) is 13.0. The summed E-state index contributed by atoms with van der Waals surface area (Å²) >= 11 is 0. The standard InChI is InChI=1S/C18H18N2O3/c1-11-4-9-17-16(10-11)20(18(22)12(2)23-17)15-7-5-14(6-8-15)19-13(3)21/h4-10,12H,1-3H3,(H,19,21). The van der Waals surface area contributed by atoms with Crippen LogP contribution in [-0.4, -0.2) is 17.9 Å². The van der Waals surface area contributed by atoms with Gasteiger partial charge in [0.05, 0.1) is 5.69 Å². The van der Waals surface area contributed by atoms with E-state index in [1.807, 2.05) is 37.3 Å². The summed E-state index contributed by atoms with van der Waals surface area (Å²) in [5, 5.41) is 2.72. The Hall–Kier alpha value is -2.82. The van der Waals surface area contributed by atoms with Crippen LogP contribution in [0.2, 0.25) is 0 Å². The molecule has 0 bridgehead atoms. The van der Waals surface area contributed by atoms with Crippen LogP contribution in [0.25, 0.3) is 0 Å². The maximum absolute atomic E-state index is 12.6. The third kappa shape index (κ3) is 2.90. The van der Waals surface area contributed by atoms with Crippen molar-refractivity contribution in [2.24, 2.45) is 0 Å². The van der Waals surface area contributed by atoms with Crippen molar-refractivity contribution in [3.8, 4) is 5.75 Å². The molecule has 2 aromatic rings. The van der Waals surface area contributed by atoms with Crippen molar-refractivity contribution < 1.29 is 14.3 Å². The highest BCUT2D eigenvalue weighted by atomic mass is 16.5. The monoisotopic (exact) mass is 310 g/mol. The van der Waals surface area contributed by atoms with Gasteiger partial charge in [-0.1, -0.05) is 6.07 Å². The van der Waals surface area contributed by atoms with E-state index in [0.717, 1.165) is 16.9 Å². The number of anilines is 3. The third-order valence-electron chi connectivity index (χ3n) is 3.67. The Morgan fingerprint density at radius 3 is 2.52 bits per heavy atom. The molecule has 5 heteroatoms. The van der Waals surface area contributed by atoms with Crippen molar-refractivity contribution >= 4 is 28.9 Å². The van der Waals surface area contributed by atoms with Gasteiger partial charge in [-0.25, -0.2) is 0 Å². The van der Waals surface area contributed by atoms with Gasteiger partial charge in [-0.05, 0) is 55.8 Å². The summed E-state index contributed by atoms with van der Waals surface area (Å²) in [4.78, 5) is 25.4. The normalized spacial score (nSPS) is 16.6. The maximum Gasteiger partial charge on any atom is 0.272 e. The van der Waals surface area contributed by atoms with Crippen LogP contribution in [0.1, 0.15) is 19.4 Å². The summed E-state index contributed by atoms with van der Waals surface area (Å²) in [6.45, 7) is 5.17. The van der Waals surface area contributed by atoms with Gasteiger partial charge >= 0.3 is 0 Å². The number of nitrogens with zero attached hydrogens (tertiary/aromatic N) is 1. The SMILES string of the molecule is CC(=O)Nc1ccc(N2C(=O)C(C)Oc3ccc(C)cc32)cc1. The van der Waals surface area contributed by atoms with Crippen molar-refractivity contribution in [1.82, 2.24) is 0 Å². The van der Waals surface area contributed by atoms with Gasteiger partial charge in [0.2, 0.25) is 5.91 Å². The first kappa shape index (κ1) is 15.1. The number of amides is 2. The summed E-state index contributed by atoms with van der Waals surface area (Å²) in [7, 11) is 0. The fraction of sp³-hybridized carbons (Fsp3) is 0.222. The number of carbonyl (C=O) groups is 2. The minimum Gasteiger partial charge on any atom is -0.479 e. The average molecular weight is 310 g/mol. The molecule has 3 rings (SSSR count). The van der Waals surface area contributed by atoms with Crippen LogP contribution in [0.15, 0.2) is 42.5 Å². The van der Waals surface area contributed by atoms with Gasteiger partial charge < -0.3 is 10.1 Å². The smallest absolute Gasteiger partial charge is 0.272 e. The van der Waals surface area contributed by atoms with E-state index in [1.165, 1.54) is 6.92 Å². The summed E-state index contributed by atoms with van der Waals surface area (Å²) in [5.41, 5.74) is 3.22. The molecule has 0 radical (unpaired) electrons. The second-order valence-corrected chi connectivity index (χ2v) is 5.63. The van der Waals surface area contributed by atoms with Crippen molar-refractivity contribution in [1.29, 1.82) is 0 Å². The molecule has 1 atom stereocenters. The molecule has 118 valence electrons. The number of carbonyl (C=O) groups excluding carboxylic acids is 2. The minimum absolute atomic E-state index is 0.115. The first-order valence-electron chi connectivity index (χ1n) is 7.44. The fourth-order valence-corrected chi connectivity index (χ4v) is 2.61. The molecular formula is C18H18N2O3. The summed E-state index contributed by atoms with van der Waals surface area (Å²) < 4.78 is 5.68. The predicted molar refractivity (Wildman–Crippen MR) is 89.2 cm³/mol. The highest BCUT2D eigenvalue weighted by molar-refractivity contribution is 6.06. The van der Waals surface area contributed by atoms with Gasteiger partial charge in [0.15, 0.2) is 6.10 Å². The average Bonchev–Trinajstić information content (AvgIpc) is 2.50. The van der Waals surface area contributed by atoms with E-state index in [1.54, 1.807) is 24.0 Å². The molecule has 1 unspecified atom stereocenters. The topological polar surface area (TPSA) is 58.6 Å². The number of aryl methyl sites for hydroxylation is 1. The zero-order valence-electron chi connectivity index (χ0n) is 13.3. The Bertz CT molecular complexity index is 768. The molecule has 1 aliphatic heterocycles. The van der Waals surface area contributed by atoms with Crippen LogP contribution in [0.4, 0.5) is 17.1 Å². The largest absolute Gasteiger partial charge is 0.479 e. The summed E-state index contributed by atoms with van der Waals surface area (Å²) in [5.74, 6) is 0.443. The van der Waals surface area contributed by atoms with E-state index in [4.69, 9.17) is 4.74 Å². The molecule has 2 aromatic carbocycles. The first-order chi connectivity index (χ1) is 11.0. The number of nitrogens with one attached hydrogen (secondary N) is 1. The number of hydrogen-bond acceptors (Lipinski definition) is 3. The molecule has 5 nitrogen and oxygen atoms in total. The van der Waals surface area contributed by atoms with Gasteiger partial charge in [-0.15, -0.1) is 0 Å². The van der Waals surface area contributed by atoms with Crippen molar-refractivity contribution in [3.05, 3.63) is 48.0 Å². The van der Waals surface area contributed by atoms with Gasteiger partial charge in [0, 0.05) is 18.3 Å². The van der Waals surface area contributed by atoms with Gasteiger partial charge in [0.1, 0.15) is 5.75 Å². The number of rotatable bonds is 2. The molecule has 0 aliphatic carbocycles. The number of hydrogen-bond donors (Lipinski definition) is 1. The molecule has 1 N–H and O–H groups in total. The molecule has 1 heterocycles. The third-order valence-corrected chi connectivity index (χ3v) is 3.67. The Balaban J connectivity index is 2.02. The van der Waals surface area contributed by atoms with Crippen LogP contribution in [-0.2, 0) is 9.59 Å². The molecular weight excluding hydrogens is 292 g/mol. The second kappa shape index (κ2) is 5.76. The van der Waals surface area contributed by atoms with Crippen LogP contribution in [0.5, 0.6) is 5.75 Å². The van der Waals surface area contributed by atoms with E-state index in [2.05, 4.69) is 5.32 Å². The van der Waals surface area contributed by atoms with Crippen molar-refractivity contribution in [3.63, 3.8) is 0 Å². The Labute approximate surface area is 134 Å². The van der Waals surface area contributed by atoms with Crippen molar-refractivity contribution in [2.45, 2.75) is 26.9 Å². The zero-order valence-corrected chi connectivity index (χ0v) is 13.3. The van der Waals surface area contributed by atoms with Gasteiger partial charge in [-0.3, -0.25) is 14.5 Å². The van der Waals surface area contributed by atoms with Crippen LogP contribution < -0.4 is 15.0 Å². The molecule has 0 spiro atoms. The number of fused-ring (bicyclic) bond motifs is 1. The Morgan fingerprint density at radius 2 is 1.87 bits per heavy atom. The lowest BCUT2D eigenvalue weighted by atomic mass is 10.1. The van der Waals surface area contributed by atoms with E-state index in [9.17, 15) is 9.59 Å². The zero-order chi connectivity index (χ0) is 16.6. The van der Waals surface area contributed by atoms with Crippen LogP contribution in [0, 0.1) is 6.92 Å². The lowest BCUT2D eigenvalue weighted by Gasteiger charge is -2.33. The molecule has 23 heavy (non-hydrogen) atoms.